The van der Waals surface area contributed by atoms with Crippen LogP contribution in [0.2, 0.25) is 0 Å². The third-order valence-electron chi connectivity index (χ3n) is 6.16. The van der Waals surface area contributed by atoms with Gasteiger partial charge in [-0.25, -0.2) is 15.0 Å². The summed E-state index contributed by atoms with van der Waals surface area (Å²) in [5.41, 5.74) is 4.29. The van der Waals surface area contributed by atoms with E-state index in [4.69, 9.17) is 15.0 Å². The molecule has 0 saturated carbocycles. The van der Waals surface area contributed by atoms with E-state index in [1.807, 2.05) is 18.2 Å². The van der Waals surface area contributed by atoms with Crippen LogP contribution >= 0.6 is 0 Å². The van der Waals surface area contributed by atoms with Crippen LogP contribution in [-0.4, -0.2) is 64.3 Å². The highest BCUT2D eigenvalue weighted by Gasteiger charge is 2.24. The molecule has 1 fully saturated rings. The first-order valence-corrected chi connectivity index (χ1v) is 11.5. The van der Waals surface area contributed by atoms with Gasteiger partial charge < -0.3 is 15.1 Å². The number of imidazole rings is 1. The molecule has 32 heavy (non-hydrogen) atoms. The van der Waals surface area contributed by atoms with Crippen molar-refractivity contribution in [3.63, 3.8) is 0 Å². The summed E-state index contributed by atoms with van der Waals surface area (Å²) in [7, 11) is 0. The molecule has 0 bridgehead atoms. The number of hydrogen-bond acceptors (Lipinski definition) is 6. The van der Waals surface area contributed by atoms with E-state index in [1.54, 1.807) is 0 Å². The summed E-state index contributed by atoms with van der Waals surface area (Å²) < 4.78 is 15.0. The fourth-order valence-corrected chi connectivity index (χ4v) is 4.80. The van der Waals surface area contributed by atoms with Crippen LogP contribution < -0.4 is 15.1 Å². The Hall–Kier alpha value is -3.00. The SMILES string of the molecule is CCN(CCCF)c1nc2ccc(N3C[C@@H](C)N[C@@H](C)C3)nc2n2c1nc1ccccc12. The number of pyridine rings is 1. The smallest absolute Gasteiger partial charge is 0.183 e. The van der Waals surface area contributed by atoms with Crippen LogP contribution in [0.3, 0.4) is 0 Å². The molecular formula is C24H30FN7. The molecule has 2 atom stereocenters. The number of aromatic nitrogens is 4. The van der Waals surface area contributed by atoms with Gasteiger partial charge >= 0.3 is 0 Å². The van der Waals surface area contributed by atoms with Crippen molar-refractivity contribution in [2.75, 3.05) is 42.7 Å². The minimum Gasteiger partial charge on any atom is -0.354 e. The van der Waals surface area contributed by atoms with Crippen molar-refractivity contribution in [3.8, 4) is 0 Å². The Labute approximate surface area is 187 Å². The standard InChI is InChI=1S/C24H30FN7/c1-4-30(13-7-12-25)23-24-27-18-8-5-6-9-20(18)32(24)22-19(28-23)10-11-21(29-22)31-14-16(2)26-17(3)15-31/h5-6,8-11,16-17,26H,4,7,12-15H2,1-3H3/t16-,17+. The molecule has 0 aliphatic carbocycles. The summed E-state index contributed by atoms with van der Waals surface area (Å²) in [6, 6.07) is 13.0. The summed E-state index contributed by atoms with van der Waals surface area (Å²) in [5, 5.41) is 3.58. The lowest BCUT2D eigenvalue weighted by Gasteiger charge is -2.37. The predicted octanol–water partition coefficient (Wildman–Crippen LogP) is 3.80. The maximum Gasteiger partial charge on any atom is 0.183 e. The van der Waals surface area contributed by atoms with Crippen LogP contribution in [-0.2, 0) is 0 Å². The molecule has 5 rings (SSSR count). The van der Waals surface area contributed by atoms with Gasteiger partial charge in [0.05, 0.1) is 17.7 Å². The Morgan fingerprint density at radius 3 is 2.53 bits per heavy atom. The molecule has 0 amide bonds. The Kier molecular flexibility index (Phi) is 5.55. The number of anilines is 2. The van der Waals surface area contributed by atoms with Gasteiger partial charge in [0, 0.05) is 38.3 Å². The quantitative estimate of drug-likeness (QED) is 0.497. The fraction of sp³-hybridized carbons (Fsp3) is 0.458. The predicted molar refractivity (Wildman–Crippen MR) is 129 cm³/mol. The Bertz CT molecular complexity index is 1240. The molecule has 0 unspecified atom stereocenters. The summed E-state index contributed by atoms with van der Waals surface area (Å²) >= 11 is 0. The number of rotatable bonds is 6. The summed E-state index contributed by atoms with van der Waals surface area (Å²) in [5.74, 6) is 1.74. The second-order valence-electron chi connectivity index (χ2n) is 8.70. The summed E-state index contributed by atoms with van der Waals surface area (Å²) in [4.78, 5) is 19.4. The molecule has 3 aromatic heterocycles. The van der Waals surface area contributed by atoms with Crippen molar-refractivity contribution < 1.29 is 4.39 Å². The number of para-hydroxylation sites is 2. The maximum absolute atomic E-state index is 12.9. The van der Waals surface area contributed by atoms with Crippen LogP contribution in [0.5, 0.6) is 0 Å². The minimum atomic E-state index is -0.344. The highest BCUT2D eigenvalue weighted by atomic mass is 19.1. The third kappa shape index (κ3) is 3.62. The van der Waals surface area contributed by atoms with Crippen molar-refractivity contribution in [2.45, 2.75) is 39.3 Å². The highest BCUT2D eigenvalue weighted by Crippen LogP contribution is 2.29. The van der Waals surface area contributed by atoms with Crippen molar-refractivity contribution >= 4 is 39.5 Å². The van der Waals surface area contributed by atoms with E-state index in [0.717, 1.165) is 59.1 Å². The van der Waals surface area contributed by atoms with Crippen molar-refractivity contribution in [3.05, 3.63) is 36.4 Å². The lowest BCUT2D eigenvalue weighted by molar-refractivity contribution is 0.405. The van der Waals surface area contributed by atoms with Crippen LogP contribution in [0.25, 0.3) is 27.8 Å². The van der Waals surface area contributed by atoms with E-state index >= 15 is 0 Å². The van der Waals surface area contributed by atoms with E-state index in [9.17, 15) is 4.39 Å². The number of benzene rings is 1. The zero-order valence-corrected chi connectivity index (χ0v) is 18.9. The number of halogens is 1. The van der Waals surface area contributed by atoms with Gasteiger partial charge in [0.2, 0.25) is 0 Å². The zero-order valence-electron chi connectivity index (χ0n) is 18.9. The number of fused-ring (bicyclic) bond motifs is 5. The van der Waals surface area contributed by atoms with Crippen LogP contribution in [0.15, 0.2) is 36.4 Å². The number of alkyl halides is 1. The second kappa shape index (κ2) is 8.50. The molecule has 0 spiro atoms. The molecule has 1 saturated heterocycles. The summed E-state index contributed by atoms with van der Waals surface area (Å²) in [6.07, 6.45) is 0.469. The molecule has 4 aromatic rings. The Balaban J connectivity index is 1.73. The van der Waals surface area contributed by atoms with Crippen LogP contribution in [0, 0.1) is 0 Å². The first-order valence-electron chi connectivity index (χ1n) is 11.5. The number of nitrogens with one attached hydrogen (secondary N) is 1. The average molecular weight is 436 g/mol. The molecule has 1 aromatic carbocycles. The Morgan fingerprint density at radius 2 is 1.78 bits per heavy atom. The highest BCUT2D eigenvalue weighted by molar-refractivity contribution is 5.91. The molecule has 1 N–H and O–H groups in total. The molecule has 1 aliphatic heterocycles. The summed E-state index contributed by atoms with van der Waals surface area (Å²) in [6.45, 7) is 9.29. The lowest BCUT2D eigenvalue weighted by Crippen LogP contribution is -2.54. The monoisotopic (exact) mass is 435 g/mol. The maximum atomic E-state index is 12.9. The minimum absolute atomic E-state index is 0.344. The molecule has 0 radical (unpaired) electrons. The number of hydrogen-bond donors (Lipinski definition) is 1. The average Bonchev–Trinajstić information content (AvgIpc) is 3.18. The molecule has 7 nitrogen and oxygen atoms in total. The third-order valence-corrected chi connectivity index (χ3v) is 6.16. The first kappa shape index (κ1) is 20.9. The van der Waals surface area contributed by atoms with E-state index in [-0.39, 0.29) is 6.67 Å². The molecular weight excluding hydrogens is 405 g/mol. The van der Waals surface area contributed by atoms with Gasteiger partial charge in [0.1, 0.15) is 11.3 Å². The fourth-order valence-electron chi connectivity index (χ4n) is 4.80. The van der Waals surface area contributed by atoms with Crippen molar-refractivity contribution in [1.82, 2.24) is 24.7 Å². The van der Waals surface area contributed by atoms with Gasteiger partial charge in [-0.2, -0.15) is 0 Å². The largest absolute Gasteiger partial charge is 0.354 e. The van der Waals surface area contributed by atoms with E-state index in [1.165, 1.54) is 0 Å². The van der Waals surface area contributed by atoms with E-state index in [0.29, 0.717) is 25.0 Å². The second-order valence-corrected chi connectivity index (χ2v) is 8.70. The van der Waals surface area contributed by atoms with Crippen molar-refractivity contribution in [1.29, 1.82) is 0 Å². The molecule has 8 heteroatoms. The van der Waals surface area contributed by atoms with Gasteiger partial charge in [-0.05, 0) is 51.5 Å². The Morgan fingerprint density at radius 1 is 1.00 bits per heavy atom. The molecule has 168 valence electrons. The zero-order chi connectivity index (χ0) is 22.2. The number of piperazine rings is 1. The van der Waals surface area contributed by atoms with Gasteiger partial charge in [0.25, 0.3) is 0 Å². The topological polar surface area (TPSA) is 61.6 Å². The van der Waals surface area contributed by atoms with Crippen molar-refractivity contribution in [2.24, 2.45) is 0 Å². The van der Waals surface area contributed by atoms with Gasteiger partial charge in [0.15, 0.2) is 17.1 Å². The first-order chi connectivity index (χ1) is 15.6. The van der Waals surface area contributed by atoms with Crippen LogP contribution in [0.4, 0.5) is 16.0 Å². The lowest BCUT2D eigenvalue weighted by atomic mass is 10.1. The van der Waals surface area contributed by atoms with Gasteiger partial charge in [-0.3, -0.25) is 8.79 Å². The van der Waals surface area contributed by atoms with E-state index in [2.05, 4.69) is 58.5 Å². The van der Waals surface area contributed by atoms with Gasteiger partial charge in [-0.15, -0.1) is 0 Å². The van der Waals surface area contributed by atoms with Crippen LogP contribution in [0.1, 0.15) is 27.2 Å². The van der Waals surface area contributed by atoms with E-state index < -0.39 is 0 Å². The normalized spacial score (nSPS) is 19.3. The molecule has 1 aliphatic rings. The van der Waals surface area contributed by atoms with Gasteiger partial charge in [-0.1, -0.05) is 12.1 Å². The molecule has 4 heterocycles. The number of nitrogens with zero attached hydrogens (tertiary/aromatic N) is 6.